The van der Waals surface area contributed by atoms with Gasteiger partial charge in [-0.25, -0.2) is 9.86 Å². The standard InChI is InChI=1S/C37H45Cl2N5O5.ClH/c1-6-43(48-5)32(46)23-41-18-20-42(21-19-41)36(47)44-34(26-10-15-29(39)16-11-26)33(25-8-13-28(38)14-9-25)40-35(44)30-17-12-27(37(3,4)24-45)22-31(30)49-7-2;/h8-17,22,33-34,45H,6-7,18-21,23-24H2,1-5H3;1H/t33-,34+;/m0./s1. The first kappa shape index (κ1) is 39.4. The van der Waals surface area contributed by atoms with Crippen LogP contribution in [0.2, 0.25) is 10.0 Å². The smallest absolute Gasteiger partial charge is 0.326 e. The van der Waals surface area contributed by atoms with Gasteiger partial charge in [-0.3, -0.25) is 24.4 Å². The monoisotopic (exact) mass is 745 g/mol. The number of halogens is 3. The number of urea groups is 1. The number of amides is 3. The Morgan fingerprint density at radius 3 is 2.08 bits per heavy atom. The number of benzene rings is 3. The predicted molar refractivity (Wildman–Crippen MR) is 200 cm³/mol. The molecule has 270 valence electrons. The number of amidine groups is 1. The number of hydroxylamine groups is 2. The fourth-order valence-corrected chi connectivity index (χ4v) is 6.53. The highest BCUT2D eigenvalue weighted by atomic mass is 35.5. The molecular weight excluding hydrogens is 701 g/mol. The molecule has 1 saturated heterocycles. The van der Waals surface area contributed by atoms with Gasteiger partial charge in [-0.05, 0) is 66.9 Å². The molecule has 0 unspecified atom stereocenters. The zero-order chi connectivity index (χ0) is 35.3. The summed E-state index contributed by atoms with van der Waals surface area (Å²) in [5.41, 5.74) is 2.84. The van der Waals surface area contributed by atoms with Crippen molar-refractivity contribution in [1.82, 2.24) is 19.8 Å². The van der Waals surface area contributed by atoms with Gasteiger partial charge in [-0.2, -0.15) is 0 Å². The molecule has 2 heterocycles. The van der Waals surface area contributed by atoms with E-state index in [1.54, 1.807) is 4.90 Å². The van der Waals surface area contributed by atoms with Gasteiger partial charge in [-0.1, -0.05) is 67.4 Å². The SMILES string of the molecule is CCOc1cc(C(C)(C)CO)ccc1C1=N[C@@H](c2ccc(Cl)cc2)[C@@H](c2ccc(Cl)cc2)N1C(=O)N1CCN(CC(=O)N(CC)OC)CC1.Cl. The zero-order valence-corrected chi connectivity index (χ0v) is 31.5. The molecule has 1 fully saturated rings. The summed E-state index contributed by atoms with van der Waals surface area (Å²) in [6.07, 6.45) is 0. The number of aliphatic hydroxyl groups is 1. The van der Waals surface area contributed by atoms with Crippen LogP contribution in [0, 0.1) is 0 Å². The number of piperazine rings is 1. The van der Waals surface area contributed by atoms with Crippen molar-refractivity contribution in [2.75, 3.05) is 59.6 Å². The fraction of sp³-hybridized carbons (Fsp3) is 0.432. The van der Waals surface area contributed by atoms with Crippen LogP contribution in [-0.2, 0) is 15.0 Å². The van der Waals surface area contributed by atoms with Gasteiger partial charge in [-0.15, -0.1) is 12.4 Å². The Balaban J connectivity index is 0.00000562. The molecule has 3 aromatic carbocycles. The van der Waals surface area contributed by atoms with Gasteiger partial charge in [0, 0.05) is 48.2 Å². The number of hydrogen-bond donors (Lipinski definition) is 1. The molecule has 3 aromatic rings. The molecule has 0 spiro atoms. The van der Waals surface area contributed by atoms with Crippen LogP contribution >= 0.6 is 35.6 Å². The molecule has 0 radical (unpaired) electrons. The molecule has 0 bridgehead atoms. The second-order valence-electron chi connectivity index (χ2n) is 12.8. The Morgan fingerprint density at radius 2 is 1.54 bits per heavy atom. The van der Waals surface area contributed by atoms with Crippen LogP contribution in [0.25, 0.3) is 0 Å². The quantitative estimate of drug-likeness (QED) is 0.218. The van der Waals surface area contributed by atoms with Crippen LogP contribution in [0.5, 0.6) is 5.75 Å². The Kier molecular flexibility index (Phi) is 13.6. The lowest BCUT2D eigenvalue weighted by Gasteiger charge is -2.39. The van der Waals surface area contributed by atoms with Crippen molar-refractivity contribution in [3.05, 3.63) is 99.0 Å². The summed E-state index contributed by atoms with van der Waals surface area (Å²) < 4.78 is 6.20. The number of likely N-dealkylation sites (N-methyl/N-ethyl adjacent to an activating group) is 1. The zero-order valence-electron chi connectivity index (χ0n) is 29.1. The third-order valence-electron chi connectivity index (χ3n) is 9.18. The van der Waals surface area contributed by atoms with Crippen LogP contribution in [-0.4, -0.2) is 102 Å². The van der Waals surface area contributed by atoms with Crippen LogP contribution in [0.15, 0.2) is 71.7 Å². The number of ether oxygens (including phenoxy) is 1. The van der Waals surface area contributed by atoms with Crippen LogP contribution < -0.4 is 4.74 Å². The maximum absolute atomic E-state index is 14.9. The first-order valence-corrected chi connectivity index (χ1v) is 17.4. The highest BCUT2D eigenvalue weighted by Crippen LogP contribution is 2.46. The summed E-state index contributed by atoms with van der Waals surface area (Å²) in [4.78, 5) is 43.7. The van der Waals surface area contributed by atoms with Gasteiger partial charge in [0.05, 0.1) is 38.5 Å². The van der Waals surface area contributed by atoms with Crippen molar-refractivity contribution < 1.29 is 24.3 Å². The van der Waals surface area contributed by atoms with Crippen LogP contribution in [0.1, 0.15) is 62.0 Å². The maximum Gasteiger partial charge on any atom is 0.326 e. The molecule has 50 heavy (non-hydrogen) atoms. The van der Waals surface area contributed by atoms with Crippen molar-refractivity contribution in [2.24, 2.45) is 4.99 Å². The molecule has 10 nitrogen and oxygen atoms in total. The van der Waals surface area contributed by atoms with E-state index in [1.807, 2.05) is 104 Å². The lowest BCUT2D eigenvalue weighted by atomic mass is 9.85. The van der Waals surface area contributed by atoms with Gasteiger partial charge < -0.3 is 14.7 Å². The van der Waals surface area contributed by atoms with Gasteiger partial charge in [0.25, 0.3) is 5.91 Å². The molecule has 5 rings (SSSR count). The molecule has 0 saturated carbocycles. The number of carbonyl (C=O) groups excluding carboxylic acids is 2. The number of aliphatic imine (C=N–C) groups is 1. The second kappa shape index (κ2) is 17.2. The number of aliphatic hydroxyl groups excluding tert-OH is 1. The first-order chi connectivity index (χ1) is 23.5. The molecule has 2 aliphatic heterocycles. The number of carbonyl (C=O) groups is 2. The molecule has 13 heteroatoms. The Bertz CT molecular complexity index is 1640. The van der Waals surface area contributed by atoms with E-state index in [2.05, 4.69) is 0 Å². The minimum Gasteiger partial charge on any atom is -0.493 e. The molecule has 0 aromatic heterocycles. The minimum absolute atomic E-state index is 0. The van der Waals surface area contributed by atoms with E-state index in [1.165, 1.54) is 12.2 Å². The van der Waals surface area contributed by atoms with Crippen molar-refractivity contribution in [3.63, 3.8) is 0 Å². The van der Waals surface area contributed by atoms with E-state index in [0.717, 1.165) is 16.7 Å². The Morgan fingerprint density at radius 1 is 0.940 bits per heavy atom. The third kappa shape index (κ3) is 8.55. The normalized spacial score (nSPS) is 18.0. The van der Waals surface area contributed by atoms with Crippen molar-refractivity contribution in [2.45, 2.75) is 45.2 Å². The molecule has 3 amide bonds. The highest BCUT2D eigenvalue weighted by molar-refractivity contribution is 6.30. The first-order valence-electron chi connectivity index (χ1n) is 16.6. The number of rotatable bonds is 11. The Hall–Kier alpha value is -3.38. The summed E-state index contributed by atoms with van der Waals surface area (Å²) in [6.45, 7) is 10.6. The summed E-state index contributed by atoms with van der Waals surface area (Å²) in [5.74, 6) is 0.938. The molecular formula is C37H46Cl3N5O5. The van der Waals surface area contributed by atoms with Crippen molar-refractivity contribution in [3.8, 4) is 5.75 Å². The van der Waals surface area contributed by atoms with E-state index >= 15 is 0 Å². The summed E-state index contributed by atoms with van der Waals surface area (Å²) in [6, 6.07) is 19.7. The van der Waals surface area contributed by atoms with E-state index in [9.17, 15) is 14.7 Å². The molecule has 1 N–H and O–H groups in total. The van der Waals surface area contributed by atoms with E-state index in [-0.39, 0.29) is 37.5 Å². The lowest BCUT2D eigenvalue weighted by Crippen LogP contribution is -2.55. The van der Waals surface area contributed by atoms with Gasteiger partial charge in [0.1, 0.15) is 17.6 Å². The number of nitrogens with zero attached hydrogens (tertiary/aromatic N) is 5. The van der Waals surface area contributed by atoms with Crippen molar-refractivity contribution >= 4 is 53.4 Å². The van der Waals surface area contributed by atoms with Gasteiger partial charge in [0.2, 0.25) is 0 Å². The number of hydrogen-bond acceptors (Lipinski definition) is 7. The highest BCUT2D eigenvalue weighted by Gasteiger charge is 2.45. The third-order valence-corrected chi connectivity index (χ3v) is 9.69. The molecule has 2 aliphatic rings. The van der Waals surface area contributed by atoms with E-state index < -0.39 is 17.5 Å². The van der Waals surface area contributed by atoms with Crippen molar-refractivity contribution in [1.29, 1.82) is 0 Å². The minimum atomic E-state index is -0.511. The van der Waals surface area contributed by atoms with Crippen LogP contribution in [0.4, 0.5) is 4.79 Å². The second-order valence-corrected chi connectivity index (χ2v) is 13.7. The van der Waals surface area contributed by atoms with Gasteiger partial charge >= 0.3 is 6.03 Å². The predicted octanol–water partition coefficient (Wildman–Crippen LogP) is 6.78. The summed E-state index contributed by atoms with van der Waals surface area (Å²) >= 11 is 12.6. The van der Waals surface area contributed by atoms with Crippen LogP contribution in [0.3, 0.4) is 0 Å². The maximum atomic E-state index is 14.9. The lowest BCUT2D eigenvalue weighted by molar-refractivity contribution is -0.176. The summed E-state index contributed by atoms with van der Waals surface area (Å²) in [7, 11) is 1.49. The summed E-state index contributed by atoms with van der Waals surface area (Å²) in [5, 5.41) is 12.6. The molecule has 2 atom stereocenters. The van der Waals surface area contributed by atoms with E-state index in [4.69, 9.17) is 37.8 Å². The fourth-order valence-electron chi connectivity index (χ4n) is 6.28. The van der Waals surface area contributed by atoms with Gasteiger partial charge in [0.15, 0.2) is 0 Å². The average Bonchev–Trinajstić information content (AvgIpc) is 3.50. The van der Waals surface area contributed by atoms with E-state index in [0.29, 0.717) is 66.5 Å². The Labute approximate surface area is 310 Å². The average molecular weight is 747 g/mol. The molecule has 0 aliphatic carbocycles. The topological polar surface area (TPSA) is 98.2 Å². The largest absolute Gasteiger partial charge is 0.493 e.